The number of hydrogen-bond donors (Lipinski definition) is 1. The monoisotopic (exact) mass is 408 g/mol. The van der Waals surface area contributed by atoms with Gasteiger partial charge in [0.1, 0.15) is 11.5 Å². The van der Waals surface area contributed by atoms with Gasteiger partial charge in [-0.3, -0.25) is 14.6 Å². The summed E-state index contributed by atoms with van der Waals surface area (Å²) in [6, 6.07) is 5.24. The van der Waals surface area contributed by atoms with Crippen LogP contribution < -0.4 is 14.8 Å². The van der Waals surface area contributed by atoms with E-state index in [2.05, 4.69) is 20.3 Å². The largest absolute Gasteiger partial charge is 0.495 e. The highest BCUT2D eigenvalue weighted by atomic mass is 35.5. The Bertz CT molecular complexity index is 818. The maximum Gasteiger partial charge on any atom is 0.238 e. The summed E-state index contributed by atoms with van der Waals surface area (Å²) >= 11 is 6.16. The zero-order valence-corrected chi connectivity index (χ0v) is 17.1. The van der Waals surface area contributed by atoms with Crippen molar-refractivity contribution < 1.29 is 18.8 Å². The van der Waals surface area contributed by atoms with E-state index < -0.39 is 0 Å². The van der Waals surface area contributed by atoms with Crippen molar-refractivity contribution >= 4 is 23.2 Å². The van der Waals surface area contributed by atoms with E-state index in [0.29, 0.717) is 28.8 Å². The van der Waals surface area contributed by atoms with Crippen LogP contribution in [-0.2, 0) is 11.3 Å². The summed E-state index contributed by atoms with van der Waals surface area (Å²) < 4.78 is 15.8. The first-order valence-corrected chi connectivity index (χ1v) is 9.44. The average Bonchev–Trinajstić information content (AvgIpc) is 3.08. The Kier molecular flexibility index (Phi) is 6.77. The molecule has 1 aromatic carbocycles. The van der Waals surface area contributed by atoms with Crippen LogP contribution in [0.2, 0.25) is 5.02 Å². The summed E-state index contributed by atoms with van der Waals surface area (Å²) in [6.45, 7) is 6.30. The first-order valence-electron chi connectivity index (χ1n) is 9.06. The van der Waals surface area contributed by atoms with Gasteiger partial charge in [-0.05, 0) is 13.0 Å². The molecule has 9 heteroatoms. The van der Waals surface area contributed by atoms with E-state index >= 15 is 0 Å². The van der Waals surface area contributed by atoms with Crippen molar-refractivity contribution in [2.75, 3.05) is 52.3 Å². The quantitative estimate of drug-likeness (QED) is 0.753. The number of methoxy groups -OCH3 is 2. The number of hydrogen-bond acceptors (Lipinski definition) is 7. The fraction of sp³-hybridized carbons (Fsp3) is 0.474. The van der Waals surface area contributed by atoms with Crippen LogP contribution in [0.1, 0.15) is 11.5 Å². The van der Waals surface area contributed by atoms with E-state index in [0.717, 1.165) is 44.2 Å². The lowest BCUT2D eigenvalue weighted by atomic mass is 10.2. The SMILES string of the molecule is COc1cc(OC)c(NC(=O)CN2CCN(Cc3cc(C)no3)CC2)cc1Cl. The first-order chi connectivity index (χ1) is 13.5. The van der Waals surface area contributed by atoms with Gasteiger partial charge in [-0.15, -0.1) is 0 Å². The van der Waals surface area contributed by atoms with E-state index in [1.807, 2.05) is 13.0 Å². The fourth-order valence-electron chi connectivity index (χ4n) is 3.17. The molecule has 0 atom stereocenters. The molecule has 152 valence electrons. The Morgan fingerprint density at radius 2 is 1.82 bits per heavy atom. The van der Waals surface area contributed by atoms with Crippen LogP contribution in [0.15, 0.2) is 22.7 Å². The van der Waals surface area contributed by atoms with Gasteiger partial charge < -0.3 is 19.3 Å². The van der Waals surface area contributed by atoms with Crippen LogP contribution in [0, 0.1) is 6.92 Å². The van der Waals surface area contributed by atoms with Crippen molar-refractivity contribution in [1.82, 2.24) is 15.0 Å². The second-order valence-corrected chi connectivity index (χ2v) is 7.13. The number of anilines is 1. The summed E-state index contributed by atoms with van der Waals surface area (Å²) in [4.78, 5) is 16.9. The number of benzene rings is 1. The van der Waals surface area contributed by atoms with Crippen molar-refractivity contribution in [2.24, 2.45) is 0 Å². The summed E-state index contributed by atoms with van der Waals surface area (Å²) in [7, 11) is 3.07. The molecular formula is C19H25ClN4O4. The van der Waals surface area contributed by atoms with Crippen LogP contribution in [0.5, 0.6) is 11.5 Å². The predicted molar refractivity (Wildman–Crippen MR) is 106 cm³/mol. The van der Waals surface area contributed by atoms with Gasteiger partial charge in [-0.25, -0.2) is 0 Å². The second kappa shape index (κ2) is 9.27. The molecule has 3 rings (SSSR count). The number of carbonyl (C=O) groups is 1. The topological polar surface area (TPSA) is 80.1 Å². The summed E-state index contributed by atoms with van der Waals surface area (Å²) in [6.07, 6.45) is 0. The minimum atomic E-state index is -0.112. The Labute approximate surface area is 169 Å². The molecule has 8 nitrogen and oxygen atoms in total. The summed E-state index contributed by atoms with van der Waals surface area (Å²) in [5, 5.41) is 7.20. The van der Waals surface area contributed by atoms with E-state index in [1.165, 1.54) is 14.2 Å². The molecule has 2 aromatic rings. The lowest BCUT2D eigenvalue weighted by Crippen LogP contribution is -2.48. The Hall–Kier alpha value is -2.29. The molecule has 1 fully saturated rings. The van der Waals surface area contributed by atoms with Gasteiger partial charge in [0.2, 0.25) is 5.91 Å². The van der Waals surface area contributed by atoms with E-state index in [9.17, 15) is 4.79 Å². The Morgan fingerprint density at radius 1 is 1.14 bits per heavy atom. The Morgan fingerprint density at radius 3 is 2.43 bits per heavy atom. The van der Waals surface area contributed by atoms with E-state index in [-0.39, 0.29) is 5.91 Å². The maximum atomic E-state index is 12.5. The fourth-order valence-corrected chi connectivity index (χ4v) is 3.41. The summed E-state index contributed by atoms with van der Waals surface area (Å²) in [5.74, 6) is 1.75. The third-order valence-electron chi connectivity index (χ3n) is 4.64. The third kappa shape index (κ3) is 5.15. The summed E-state index contributed by atoms with van der Waals surface area (Å²) in [5.41, 5.74) is 1.41. The highest BCUT2D eigenvalue weighted by Crippen LogP contribution is 2.35. The number of carbonyl (C=O) groups excluding carboxylic acids is 1. The van der Waals surface area contributed by atoms with E-state index in [1.54, 1.807) is 12.1 Å². The van der Waals surface area contributed by atoms with Crippen LogP contribution in [0.3, 0.4) is 0 Å². The van der Waals surface area contributed by atoms with Crippen LogP contribution in [0.4, 0.5) is 5.69 Å². The molecule has 0 saturated carbocycles. The molecule has 1 aliphatic heterocycles. The molecule has 1 saturated heterocycles. The standard InChI is InChI=1S/C19H25ClN4O4/c1-13-8-14(28-22-13)11-23-4-6-24(7-5-23)12-19(25)21-16-9-15(20)17(26-2)10-18(16)27-3/h8-10H,4-7,11-12H2,1-3H3,(H,21,25). The number of nitrogens with zero attached hydrogens (tertiary/aromatic N) is 3. The third-order valence-corrected chi connectivity index (χ3v) is 4.93. The van der Waals surface area contributed by atoms with Gasteiger partial charge in [-0.1, -0.05) is 16.8 Å². The lowest BCUT2D eigenvalue weighted by Gasteiger charge is -2.33. The molecular weight excluding hydrogens is 384 g/mol. The van der Waals surface area contributed by atoms with Gasteiger partial charge in [0, 0.05) is 38.3 Å². The minimum absolute atomic E-state index is 0.112. The smallest absolute Gasteiger partial charge is 0.238 e. The van der Waals surface area contributed by atoms with E-state index in [4.69, 9.17) is 25.6 Å². The van der Waals surface area contributed by atoms with Crippen molar-refractivity contribution in [3.63, 3.8) is 0 Å². The molecule has 0 radical (unpaired) electrons. The lowest BCUT2D eigenvalue weighted by molar-refractivity contribution is -0.117. The predicted octanol–water partition coefficient (Wildman–Crippen LogP) is 2.41. The number of ether oxygens (including phenoxy) is 2. The Balaban J connectivity index is 1.50. The average molecular weight is 409 g/mol. The van der Waals surface area contributed by atoms with Gasteiger partial charge in [-0.2, -0.15) is 0 Å². The van der Waals surface area contributed by atoms with Gasteiger partial charge in [0.05, 0.1) is 43.7 Å². The maximum absolute atomic E-state index is 12.5. The van der Waals surface area contributed by atoms with Crippen LogP contribution >= 0.6 is 11.6 Å². The van der Waals surface area contributed by atoms with Crippen molar-refractivity contribution in [2.45, 2.75) is 13.5 Å². The van der Waals surface area contributed by atoms with Crippen LogP contribution in [-0.4, -0.2) is 67.8 Å². The molecule has 1 aromatic heterocycles. The highest BCUT2D eigenvalue weighted by Gasteiger charge is 2.21. The van der Waals surface area contributed by atoms with Crippen molar-refractivity contribution in [3.8, 4) is 11.5 Å². The molecule has 1 N–H and O–H groups in total. The molecule has 1 aliphatic rings. The van der Waals surface area contributed by atoms with Gasteiger partial charge in [0.25, 0.3) is 0 Å². The van der Waals surface area contributed by atoms with Crippen molar-refractivity contribution in [1.29, 1.82) is 0 Å². The number of aromatic nitrogens is 1. The van der Waals surface area contributed by atoms with Crippen LogP contribution in [0.25, 0.3) is 0 Å². The molecule has 28 heavy (non-hydrogen) atoms. The minimum Gasteiger partial charge on any atom is -0.495 e. The van der Waals surface area contributed by atoms with Gasteiger partial charge >= 0.3 is 0 Å². The molecule has 0 spiro atoms. The number of rotatable bonds is 7. The van der Waals surface area contributed by atoms with Gasteiger partial charge in [0.15, 0.2) is 5.76 Å². The number of aryl methyl sites for hydroxylation is 1. The molecule has 1 amide bonds. The second-order valence-electron chi connectivity index (χ2n) is 6.72. The highest BCUT2D eigenvalue weighted by molar-refractivity contribution is 6.32. The number of piperazine rings is 1. The molecule has 0 bridgehead atoms. The number of halogens is 1. The normalized spacial score (nSPS) is 15.4. The number of nitrogens with one attached hydrogen (secondary N) is 1. The zero-order chi connectivity index (χ0) is 20.1. The molecule has 2 heterocycles. The molecule has 0 unspecified atom stereocenters. The zero-order valence-electron chi connectivity index (χ0n) is 16.3. The first kappa shape index (κ1) is 20.4. The van der Waals surface area contributed by atoms with Crippen molar-refractivity contribution in [3.05, 3.63) is 34.7 Å². The molecule has 0 aliphatic carbocycles. The number of amides is 1.